The maximum Gasteiger partial charge on any atom is 0.236 e. The molecule has 1 aliphatic rings. The Bertz CT molecular complexity index is 440. The van der Waals surface area contributed by atoms with Gasteiger partial charge in [0.15, 0.2) is 0 Å². The molecule has 0 radical (unpaired) electrons. The van der Waals surface area contributed by atoms with Gasteiger partial charge in [-0.3, -0.25) is 0 Å². The van der Waals surface area contributed by atoms with Gasteiger partial charge in [0.1, 0.15) is 5.76 Å². The second kappa shape index (κ2) is 2.95. The Hall–Kier alpha value is -1.09. The molecule has 1 saturated carbocycles. The molecule has 2 aromatic rings. The number of thiophene rings is 1. The smallest absolute Gasteiger partial charge is 0.236 e. The molecule has 3 heteroatoms. The standard InChI is InChI=1S/C11H11NOS/c1-7-10(8-4-5-8)12-11(13-7)9-3-2-6-14-9/h2-3,6,8H,4-5H2,1H3. The van der Waals surface area contributed by atoms with Crippen LogP contribution in [0.5, 0.6) is 0 Å². The van der Waals surface area contributed by atoms with Crippen LogP contribution in [0.2, 0.25) is 0 Å². The van der Waals surface area contributed by atoms with Crippen LogP contribution in [0.3, 0.4) is 0 Å². The molecule has 2 nitrogen and oxygen atoms in total. The van der Waals surface area contributed by atoms with E-state index >= 15 is 0 Å². The third-order valence-electron chi connectivity index (χ3n) is 2.53. The van der Waals surface area contributed by atoms with Gasteiger partial charge in [-0.05, 0) is 31.2 Å². The molecule has 2 heterocycles. The van der Waals surface area contributed by atoms with Crippen LogP contribution in [-0.4, -0.2) is 4.98 Å². The molecule has 0 unspecified atom stereocenters. The number of aryl methyl sites for hydroxylation is 1. The first kappa shape index (κ1) is 8.24. The molecular weight excluding hydrogens is 194 g/mol. The van der Waals surface area contributed by atoms with Gasteiger partial charge in [0.2, 0.25) is 5.89 Å². The Balaban J connectivity index is 2.03. The van der Waals surface area contributed by atoms with Crippen LogP contribution in [0.4, 0.5) is 0 Å². The summed E-state index contributed by atoms with van der Waals surface area (Å²) in [4.78, 5) is 5.68. The van der Waals surface area contributed by atoms with Crippen molar-refractivity contribution < 1.29 is 4.42 Å². The summed E-state index contributed by atoms with van der Waals surface area (Å²) in [6.07, 6.45) is 2.55. The van der Waals surface area contributed by atoms with Gasteiger partial charge in [0, 0.05) is 5.92 Å². The van der Waals surface area contributed by atoms with Gasteiger partial charge >= 0.3 is 0 Å². The van der Waals surface area contributed by atoms with E-state index in [1.165, 1.54) is 18.5 Å². The van der Waals surface area contributed by atoms with E-state index in [1.54, 1.807) is 11.3 Å². The first-order chi connectivity index (χ1) is 6.84. The lowest BCUT2D eigenvalue weighted by molar-refractivity contribution is 0.541. The molecule has 0 spiro atoms. The van der Waals surface area contributed by atoms with Crippen molar-refractivity contribution in [3.63, 3.8) is 0 Å². The van der Waals surface area contributed by atoms with Crippen molar-refractivity contribution >= 4 is 11.3 Å². The number of aromatic nitrogens is 1. The second-order valence-electron chi connectivity index (χ2n) is 3.71. The van der Waals surface area contributed by atoms with E-state index in [2.05, 4.69) is 4.98 Å². The summed E-state index contributed by atoms with van der Waals surface area (Å²) < 4.78 is 5.66. The van der Waals surface area contributed by atoms with Gasteiger partial charge < -0.3 is 4.42 Å². The van der Waals surface area contributed by atoms with Crippen molar-refractivity contribution in [2.45, 2.75) is 25.7 Å². The second-order valence-corrected chi connectivity index (χ2v) is 4.66. The van der Waals surface area contributed by atoms with Crippen molar-refractivity contribution in [1.82, 2.24) is 4.98 Å². The average molecular weight is 205 g/mol. The molecule has 0 aromatic carbocycles. The van der Waals surface area contributed by atoms with Crippen molar-refractivity contribution in [1.29, 1.82) is 0 Å². The molecule has 1 aliphatic carbocycles. The number of nitrogens with zero attached hydrogens (tertiary/aromatic N) is 1. The van der Waals surface area contributed by atoms with E-state index in [1.807, 2.05) is 24.4 Å². The summed E-state index contributed by atoms with van der Waals surface area (Å²) in [7, 11) is 0. The van der Waals surface area contributed by atoms with Crippen molar-refractivity contribution in [2.24, 2.45) is 0 Å². The van der Waals surface area contributed by atoms with E-state index in [0.717, 1.165) is 16.5 Å². The molecule has 72 valence electrons. The van der Waals surface area contributed by atoms with Crippen LogP contribution in [0.1, 0.15) is 30.2 Å². The molecule has 0 N–H and O–H groups in total. The highest BCUT2D eigenvalue weighted by atomic mass is 32.1. The van der Waals surface area contributed by atoms with Crippen molar-refractivity contribution in [3.8, 4) is 10.8 Å². The van der Waals surface area contributed by atoms with Crippen LogP contribution < -0.4 is 0 Å². The normalized spacial score (nSPS) is 16.1. The van der Waals surface area contributed by atoms with Gasteiger partial charge in [-0.15, -0.1) is 11.3 Å². The lowest BCUT2D eigenvalue weighted by atomic mass is 10.2. The Morgan fingerprint density at radius 1 is 1.50 bits per heavy atom. The van der Waals surface area contributed by atoms with Gasteiger partial charge in [-0.25, -0.2) is 4.98 Å². The zero-order valence-electron chi connectivity index (χ0n) is 7.99. The summed E-state index contributed by atoms with van der Waals surface area (Å²) in [5.74, 6) is 2.46. The fourth-order valence-corrected chi connectivity index (χ4v) is 2.30. The molecule has 2 aromatic heterocycles. The molecule has 0 amide bonds. The third-order valence-corrected chi connectivity index (χ3v) is 3.39. The fourth-order valence-electron chi connectivity index (χ4n) is 1.65. The molecule has 14 heavy (non-hydrogen) atoms. The molecular formula is C11H11NOS. The molecule has 0 saturated heterocycles. The maximum atomic E-state index is 5.66. The monoisotopic (exact) mass is 205 g/mol. The Morgan fingerprint density at radius 2 is 2.36 bits per heavy atom. The number of oxazole rings is 1. The summed E-state index contributed by atoms with van der Waals surface area (Å²) in [5, 5.41) is 2.05. The predicted molar refractivity (Wildman–Crippen MR) is 56.5 cm³/mol. The molecule has 3 rings (SSSR count). The minimum atomic E-state index is 0.674. The van der Waals surface area contributed by atoms with Gasteiger partial charge in [0.05, 0.1) is 10.6 Å². The topological polar surface area (TPSA) is 26.0 Å². The Labute approximate surface area is 86.6 Å². The zero-order chi connectivity index (χ0) is 9.54. The molecule has 0 atom stereocenters. The maximum absolute atomic E-state index is 5.66. The summed E-state index contributed by atoms with van der Waals surface area (Å²) >= 11 is 1.67. The number of hydrogen-bond donors (Lipinski definition) is 0. The highest BCUT2D eigenvalue weighted by Gasteiger charge is 2.29. The molecule has 1 fully saturated rings. The van der Waals surface area contributed by atoms with Gasteiger partial charge in [-0.2, -0.15) is 0 Å². The van der Waals surface area contributed by atoms with Crippen molar-refractivity contribution in [2.75, 3.05) is 0 Å². The van der Waals surface area contributed by atoms with Crippen LogP contribution in [-0.2, 0) is 0 Å². The highest BCUT2D eigenvalue weighted by Crippen LogP contribution is 2.42. The predicted octanol–water partition coefficient (Wildman–Crippen LogP) is 3.59. The summed E-state index contributed by atoms with van der Waals surface area (Å²) in [6, 6.07) is 4.07. The van der Waals surface area contributed by atoms with E-state index in [9.17, 15) is 0 Å². The minimum absolute atomic E-state index is 0.674. The fraction of sp³-hybridized carbons (Fsp3) is 0.364. The largest absolute Gasteiger partial charge is 0.440 e. The van der Waals surface area contributed by atoms with E-state index in [-0.39, 0.29) is 0 Å². The zero-order valence-corrected chi connectivity index (χ0v) is 8.80. The average Bonchev–Trinajstić information content (AvgIpc) is 2.75. The Morgan fingerprint density at radius 3 is 3.00 bits per heavy atom. The third kappa shape index (κ3) is 1.28. The first-order valence-corrected chi connectivity index (χ1v) is 5.74. The molecule has 0 bridgehead atoms. The van der Waals surface area contributed by atoms with E-state index < -0.39 is 0 Å². The van der Waals surface area contributed by atoms with E-state index in [4.69, 9.17) is 4.42 Å². The first-order valence-electron chi connectivity index (χ1n) is 4.86. The summed E-state index contributed by atoms with van der Waals surface area (Å²) in [6.45, 7) is 2.01. The quantitative estimate of drug-likeness (QED) is 0.748. The highest BCUT2D eigenvalue weighted by molar-refractivity contribution is 7.13. The van der Waals surface area contributed by atoms with Crippen LogP contribution in [0.25, 0.3) is 10.8 Å². The SMILES string of the molecule is Cc1oc(-c2cccs2)nc1C1CC1. The van der Waals surface area contributed by atoms with Gasteiger partial charge in [-0.1, -0.05) is 6.07 Å². The summed E-state index contributed by atoms with van der Waals surface area (Å²) in [5.41, 5.74) is 1.17. The number of rotatable bonds is 2. The van der Waals surface area contributed by atoms with Crippen LogP contribution in [0, 0.1) is 6.92 Å². The van der Waals surface area contributed by atoms with Crippen molar-refractivity contribution in [3.05, 3.63) is 29.0 Å². The number of hydrogen-bond acceptors (Lipinski definition) is 3. The van der Waals surface area contributed by atoms with Crippen LogP contribution in [0.15, 0.2) is 21.9 Å². The van der Waals surface area contributed by atoms with E-state index in [0.29, 0.717) is 5.92 Å². The molecule has 0 aliphatic heterocycles. The Kier molecular flexibility index (Phi) is 1.74. The minimum Gasteiger partial charge on any atom is -0.440 e. The lowest BCUT2D eigenvalue weighted by Gasteiger charge is -1.86. The van der Waals surface area contributed by atoms with Gasteiger partial charge in [0.25, 0.3) is 0 Å². The lowest BCUT2D eigenvalue weighted by Crippen LogP contribution is -1.81. The van der Waals surface area contributed by atoms with Crippen LogP contribution >= 0.6 is 11.3 Å².